The molecule has 8 nitrogen and oxygen atoms in total. The molecule has 0 saturated carbocycles. The second-order valence-corrected chi connectivity index (χ2v) is 12.0. The van der Waals surface area contributed by atoms with Crippen molar-refractivity contribution in [3.8, 4) is 0 Å². The third-order valence-corrected chi connectivity index (χ3v) is 8.99. The number of sulfonamides is 1. The molecule has 0 aliphatic carbocycles. The number of nitrogens with zero attached hydrogens (tertiary/aromatic N) is 3. The minimum absolute atomic E-state index is 0.0319. The van der Waals surface area contributed by atoms with Crippen molar-refractivity contribution >= 4 is 59.9 Å². The molecule has 0 atom stereocenters. The fourth-order valence-electron chi connectivity index (χ4n) is 4.25. The van der Waals surface area contributed by atoms with Gasteiger partial charge in [-0.05, 0) is 42.5 Å². The van der Waals surface area contributed by atoms with E-state index in [0.29, 0.717) is 54.1 Å². The number of benzene rings is 3. The average Bonchev–Trinajstić information content (AvgIpc) is 3.34. The number of amides is 1. The zero-order chi connectivity index (χ0) is 27.6. The van der Waals surface area contributed by atoms with Crippen LogP contribution in [0, 0.1) is 11.6 Å². The maximum absolute atomic E-state index is 14.0. The first-order chi connectivity index (χ1) is 18.7. The van der Waals surface area contributed by atoms with Crippen LogP contribution in [0.25, 0.3) is 10.2 Å². The van der Waals surface area contributed by atoms with Gasteiger partial charge in [0.05, 0.1) is 20.8 Å². The molecule has 4 aromatic rings. The molecular weight excluding hydrogens is 568 g/mol. The molecule has 13 heteroatoms. The normalized spacial score (nSPS) is 14.5. The van der Waals surface area contributed by atoms with Gasteiger partial charge in [0, 0.05) is 50.4 Å². The topological polar surface area (TPSA) is 94.6 Å². The van der Waals surface area contributed by atoms with E-state index in [1.165, 1.54) is 47.7 Å². The lowest BCUT2D eigenvalue weighted by atomic mass is 10.1. The summed E-state index contributed by atoms with van der Waals surface area (Å²) in [5, 5.41) is 3.93. The van der Waals surface area contributed by atoms with Crippen molar-refractivity contribution in [3.05, 3.63) is 82.9 Å². The number of thiazole rings is 1. The molecule has 2 heterocycles. The molecule has 3 aromatic carbocycles. The van der Waals surface area contributed by atoms with Gasteiger partial charge in [-0.3, -0.25) is 14.4 Å². The average molecular weight is 592 g/mol. The summed E-state index contributed by atoms with van der Waals surface area (Å²) in [4.78, 5) is 21.5. The highest BCUT2D eigenvalue weighted by molar-refractivity contribution is 7.92. The molecule has 0 spiro atoms. The number of anilines is 2. The van der Waals surface area contributed by atoms with Crippen LogP contribution in [0.15, 0.2) is 65.6 Å². The Kier molecular flexibility index (Phi) is 7.98. The Morgan fingerprint density at radius 3 is 2.49 bits per heavy atom. The van der Waals surface area contributed by atoms with E-state index in [1.54, 1.807) is 18.2 Å². The minimum Gasteiger partial charge on any atom is -0.351 e. The quantitative estimate of drug-likeness (QED) is 0.312. The summed E-state index contributed by atoms with van der Waals surface area (Å²) >= 11 is 7.12. The summed E-state index contributed by atoms with van der Waals surface area (Å²) < 4.78 is 56.1. The number of carbonyl (C=O) groups is 1. The SMILES string of the molecule is O=C(NCCN1CCN(c2nc3c(F)cc(F)cc3s2)CC1)c1ccccc1NS(=O)(=O)c1ccc(Cl)cc1. The number of carbonyl (C=O) groups excluding carboxylic acids is 1. The van der Waals surface area contributed by atoms with Gasteiger partial charge in [0.2, 0.25) is 0 Å². The van der Waals surface area contributed by atoms with Crippen LogP contribution in [-0.4, -0.2) is 63.5 Å². The number of rotatable bonds is 8. The Hall–Kier alpha value is -3.32. The number of hydrogen-bond donors (Lipinski definition) is 2. The van der Waals surface area contributed by atoms with Crippen molar-refractivity contribution < 1.29 is 22.0 Å². The van der Waals surface area contributed by atoms with E-state index in [9.17, 15) is 22.0 Å². The lowest BCUT2D eigenvalue weighted by Crippen LogP contribution is -2.48. The van der Waals surface area contributed by atoms with Gasteiger partial charge in [-0.2, -0.15) is 0 Å². The number of para-hydroxylation sites is 1. The largest absolute Gasteiger partial charge is 0.351 e. The fraction of sp³-hybridized carbons (Fsp3) is 0.231. The molecule has 1 aliphatic rings. The van der Waals surface area contributed by atoms with E-state index in [0.717, 1.165) is 6.07 Å². The highest BCUT2D eigenvalue weighted by Crippen LogP contribution is 2.31. The van der Waals surface area contributed by atoms with Crippen molar-refractivity contribution in [2.45, 2.75) is 4.90 Å². The van der Waals surface area contributed by atoms with Crippen LogP contribution in [-0.2, 0) is 10.0 Å². The van der Waals surface area contributed by atoms with Crippen LogP contribution in [0.3, 0.4) is 0 Å². The zero-order valence-electron chi connectivity index (χ0n) is 20.5. The number of nitrogens with one attached hydrogen (secondary N) is 2. The number of fused-ring (bicyclic) bond motifs is 1. The molecule has 0 bridgehead atoms. The van der Waals surface area contributed by atoms with Gasteiger partial charge in [-0.25, -0.2) is 22.2 Å². The van der Waals surface area contributed by atoms with Crippen LogP contribution in [0.1, 0.15) is 10.4 Å². The van der Waals surface area contributed by atoms with Gasteiger partial charge >= 0.3 is 0 Å². The van der Waals surface area contributed by atoms with Gasteiger partial charge in [-0.15, -0.1) is 0 Å². The van der Waals surface area contributed by atoms with Gasteiger partial charge in [-0.1, -0.05) is 35.1 Å². The Labute approximate surface area is 233 Å². The Bertz CT molecular complexity index is 1610. The molecular formula is C26H24ClF2N5O3S2. The lowest BCUT2D eigenvalue weighted by Gasteiger charge is -2.34. The summed E-state index contributed by atoms with van der Waals surface area (Å²) in [7, 11) is -3.91. The third kappa shape index (κ3) is 6.30. The fourth-order valence-corrected chi connectivity index (χ4v) is 6.52. The predicted molar refractivity (Wildman–Crippen MR) is 149 cm³/mol. The number of aromatic nitrogens is 1. The lowest BCUT2D eigenvalue weighted by molar-refractivity contribution is 0.0948. The molecule has 204 valence electrons. The van der Waals surface area contributed by atoms with Gasteiger partial charge in [0.25, 0.3) is 15.9 Å². The molecule has 1 saturated heterocycles. The van der Waals surface area contributed by atoms with E-state index in [4.69, 9.17) is 11.6 Å². The van der Waals surface area contributed by atoms with Crippen LogP contribution < -0.4 is 14.9 Å². The Morgan fingerprint density at radius 2 is 1.74 bits per heavy atom. The standard InChI is InChI=1S/C26H24ClF2N5O3S2/c27-17-5-7-19(8-6-17)39(36,37)32-22-4-2-1-3-20(22)25(35)30-9-10-33-11-13-34(14-12-33)26-31-24-21(29)15-18(28)16-23(24)38-26/h1-8,15-16,32H,9-14H2,(H,30,35). The molecule has 39 heavy (non-hydrogen) atoms. The maximum Gasteiger partial charge on any atom is 0.261 e. The maximum atomic E-state index is 14.0. The van der Waals surface area contributed by atoms with Crippen molar-refractivity contribution in [3.63, 3.8) is 0 Å². The molecule has 1 aromatic heterocycles. The predicted octanol–water partition coefficient (Wildman–Crippen LogP) is 4.58. The second kappa shape index (κ2) is 11.4. The van der Waals surface area contributed by atoms with Crippen LogP contribution >= 0.6 is 22.9 Å². The Morgan fingerprint density at radius 1 is 1.03 bits per heavy atom. The number of hydrogen-bond acceptors (Lipinski definition) is 7. The molecule has 1 aliphatic heterocycles. The van der Waals surface area contributed by atoms with E-state index < -0.39 is 27.6 Å². The molecule has 1 amide bonds. The summed E-state index contributed by atoms with van der Waals surface area (Å²) in [5.41, 5.74) is 0.558. The Balaban J connectivity index is 1.14. The summed E-state index contributed by atoms with van der Waals surface area (Å²) in [6.07, 6.45) is 0. The first kappa shape index (κ1) is 27.3. The van der Waals surface area contributed by atoms with Crippen LogP contribution in [0.4, 0.5) is 19.6 Å². The van der Waals surface area contributed by atoms with E-state index in [-0.39, 0.29) is 21.7 Å². The molecule has 0 radical (unpaired) electrons. The van der Waals surface area contributed by atoms with Gasteiger partial charge in [0.15, 0.2) is 10.9 Å². The van der Waals surface area contributed by atoms with Crippen molar-refractivity contribution in [2.24, 2.45) is 0 Å². The van der Waals surface area contributed by atoms with Gasteiger partial charge in [0.1, 0.15) is 11.3 Å². The van der Waals surface area contributed by atoms with E-state index in [2.05, 4.69) is 19.9 Å². The van der Waals surface area contributed by atoms with Crippen molar-refractivity contribution in [1.29, 1.82) is 0 Å². The third-order valence-electron chi connectivity index (χ3n) is 6.30. The first-order valence-corrected chi connectivity index (χ1v) is 14.8. The molecule has 5 rings (SSSR count). The smallest absolute Gasteiger partial charge is 0.261 e. The van der Waals surface area contributed by atoms with Crippen LogP contribution in [0.2, 0.25) is 5.02 Å². The summed E-state index contributed by atoms with van der Waals surface area (Å²) in [5.74, 6) is -1.68. The number of halogens is 3. The monoisotopic (exact) mass is 591 g/mol. The van der Waals surface area contributed by atoms with Crippen molar-refractivity contribution in [2.75, 3.05) is 48.9 Å². The first-order valence-electron chi connectivity index (χ1n) is 12.1. The highest BCUT2D eigenvalue weighted by Gasteiger charge is 2.22. The van der Waals surface area contributed by atoms with Gasteiger partial charge < -0.3 is 10.2 Å². The molecule has 1 fully saturated rings. The van der Waals surface area contributed by atoms with Crippen molar-refractivity contribution in [1.82, 2.24) is 15.2 Å². The molecule has 2 N–H and O–H groups in total. The van der Waals surface area contributed by atoms with Crippen LogP contribution in [0.5, 0.6) is 0 Å². The number of piperazine rings is 1. The molecule has 0 unspecified atom stereocenters. The second-order valence-electron chi connectivity index (χ2n) is 8.92. The minimum atomic E-state index is -3.91. The summed E-state index contributed by atoms with van der Waals surface area (Å²) in [6.45, 7) is 3.70. The zero-order valence-corrected chi connectivity index (χ0v) is 22.9. The summed E-state index contributed by atoms with van der Waals surface area (Å²) in [6, 6.07) is 14.3. The highest BCUT2D eigenvalue weighted by atomic mass is 35.5. The van der Waals surface area contributed by atoms with E-state index in [1.807, 2.05) is 4.90 Å². The van der Waals surface area contributed by atoms with E-state index >= 15 is 0 Å².